The number of nitrogens with one attached hydrogen (secondary N) is 1. The third-order valence-electron chi connectivity index (χ3n) is 5.25. The van der Waals surface area contributed by atoms with E-state index < -0.39 is 0 Å². The lowest BCUT2D eigenvalue weighted by atomic mass is 10.0. The number of H-pyrrole nitrogens is 1. The molecule has 5 heterocycles. The summed E-state index contributed by atoms with van der Waals surface area (Å²) in [7, 11) is 0. The third-order valence-corrected chi connectivity index (χ3v) is 5.25. The van der Waals surface area contributed by atoms with Gasteiger partial charge in [0.25, 0.3) is 0 Å². The van der Waals surface area contributed by atoms with Crippen LogP contribution in [0.4, 0.5) is 11.6 Å². The molecule has 1 fully saturated rings. The van der Waals surface area contributed by atoms with Gasteiger partial charge in [-0.3, -0.25) is 5.10 Å². The normalized spacial score (nSPS) is 17.2. The molecule has 0 spiro atoms. The number of nitrogen functional groups attached to an aromatic ring is 1. The molecule has 4 aromatic rings. The number of morpholine rings is 1. The molecule has 0 aromatic carbocycles. The summed E-state index contributed by atoms with van der Waals surface area (Å²) >= 11 is 0. The van der Waals surface area contributed by atoms with E-state index in [2.05, 4.69) is 38.2 Å². The van der Waals surface area contributed by atoms with E-state index in [1.807, 2.05) is 25.1 Å². The zero-order valence-corrected chi connectivity index (χ0v) is 16.3. The molecule has 148 valence electrons. The second-order valence-corrected chi connectivity index (χ2v) is 7.26. The maximum Gasteiger partial charge on any atom is 0.177 e. The van der Waals surface area contributed by atoms with Crippen molar-refractivity contribution in [2.45, 2.75) is 19.9 Å². The van der Waals surface area contributed by atoms with E-state index in [4.69, 9.17) is 15.5 Å². The van der Waals surface area contributed by atoms with E-state index in [0.717, 1.165) is 40.2 Å². The van der Waals surface area contributed by atoms with Gasteiger partial charge >= 0.3 is 0 Å². The highest BCUT2D eigenvalue weighted by molar-refractivity contribution is 5.97. The first-order valence-corrected chi connectivity index (χ1v) is 9.58. The van der Waals surface area contributed by atoms with Gasteiger partial charge in [-0.2, -0.15) is 14.9 Å². The minimum atomic E-state index is 0.219. The number of ether oxygens (including phenoxy) is 1. The van der Waals surface area contributed by atoms with E-state index in [9.17, 15) is 0 Å². The van der Waals surface area contributed by atoms with Gasteiger partial charge in [-0.05, 0) is 32.0 Å². The van der Waals surface area contributed by atoms with Crippen molar-refractivity contribution in [3.63, 3.8) is 0 Å². The smallest absolute Gasteiger partial charge is 0.177 e. The number of nitrogens with two attached hydrogens (primary N) is 1. The monoisotopic (exact) mass is 390 g/mol. The molecule has 4 aromatic heterocycles. The third kappa shape index (κ3) is 2.99. The van der Waals surface area contributed by atoms with Gasteiger partial charge in [-0.15, -0.1) is 0 Å². The Balaban J connectivity index is 1.76. The van der Waals surface area contributed by atoms with Crippen molar-refractivity contribution >= 4 is 22.7 Å². The van der Waals surface area contributed by atoms with Crippen LogP contribution < -0.4 is 10.6 Å². The maximum absolute atomic E-state index is 6.29. The Hall–Kier alpha value is -3.46. The minimum Gasteiger partial charge on any atom is -0.383 e. The number of nitrogens with zero attached hydrogens (tertiary/aromatic N) is 6. The summed E-state index contributed by atoms with van der Waals surface area (Å²) in [6.07, 6.45) is 3.57. The van der Waals surface area contributed by atoms with Crippen LogP contribution in [0.25, 0.3) is 28.0 Å². The van der Waals surface area contributed by atoms with E-state index in [1.165, 1.54) is 0 Å². The van der Waals surface area contributed by atoms with Crippen molar-refractivity contribution in [3.8, 4) is 16.9 Å². The van der Waals surface area contributed by atoms with Gasteiger partial charge < -0.3 is 15.4 Å². The summed E-state index contributed by atoms with van der Waals surface area (Å²) < 4.78 is 7.34. The zero-order chi connectivity index (χ0) is 20.0. The van der Waals surface area contributed by atoms with Gasteiger partial charge in [-0.25, -0.2) is 9.97 Å². The Morgan fingerprint density at radius 1 is 1.17 bits per heavy atom. The van der Waals surface area contributed by atoms with Crippen LogP contribution in [0.15, 0.2) is 36.7 Å². The van der Waals surface area contributed by atoms with Crippen molar-refractivity contribution in [1.82, 2.24) is 29.9 Å². The lowest BCUT2D eigenvalue weighted by molar-refractivity contribution is 0.0986. The van der Waals surface area contributed by atoms with Gasteiger partial charge in [0.15, 0.2) is 11.5 Å². The lowest BCUT2D eigenvalue weighted by Gasteiger charge is -2.34. The molecule has 1 aliphatic heterocycles. The fourth-order valence-corrected chi connectivity index (χ4v) is 3.77. The molecule has 3 N–H and O–H groups in total. The molecule has 9 nitrogen and oxygen atoms in total. The highest BCUT2D eigenvalue weighted by Gasteiger charge is 2.24. The van der Waals surface area contributed by atoms with Crippen LogP contribution in [0, 0.1) is 6.92 Å². The summed E-state index contributed by atoms with van der Waals surface area (Å²) in [6, 6.07) is 8.12. The summed E-state index contributed by atoms with van der Waals surface area (Å²) in [5.74, 6) is 2.03. The molecule has 0 aliphatic carbocycles. The number of fused-ring (bicyclic) bond motifs is 1. The van der Waals surface area contributed by atoms with Gasteiger partial charge in [0.05, 0.1) is 25.5 Å². The van der Waals surface area contributed by atoms with E-state index in [1.54, 1.807) is 17.1 Å². The first-order valence-electron chi connectivity index (χ1n) is 9.58. The van der Waals surface area contributed by atoms with Crippen LogP contribution >= 0.6 is 0 Å². The van der Waals surface area contributed by atoms with Crippen molar-refractivity contribution < 1.29 is 4.74 Å². The van der Waals surface area contributed by atoms with Gasteiger partial charge in [0.1, 0.15) is 11.6 Å². The quantitative estimate of drug-likeness (QED) is 0.552. The van der Waals surface area contributed by atoms with Crippen LogP contribution in [0.1, 0.15) is 12.6 Å². The number of hydrogen-bond acceptors (Lipinski definition) is 7. The van der Waals surface area contributed by atoms with Crippen molar-refractivity contribution in [1.29, 1.82) is 0 Å². The molecule has 0 amide bonds. The van der Waals surface area contributed by atoms with E-state index in [0.29, 0.717) is 24.8 Å². The highest BCUT2D eigenvalue weighted by Crippen LogP contribution is 2.35. The summed E-state index contributed by atoms with van der Waals surface area (Å²) in [6.45, 7) is 6.18. The molecule has 0 radical (unpaired) electrons. The van der Waals surface area contributed by atoms with Crippen LogP contribution in [0.2, 0.25) is 0 Å². The summed E-state index contributed by atoms with van der Waals surface area (Å²) in [5, 5.41) is 12.5. The SMILES string of the molecule is Cc1ccc(-c2cc(N3CCOC[C@H]3C)nc3c2cnn3-c2cc[nH]n2)c(N)n1. The van der Waals surface area contributed by atoms with Crippen molar-refractivity contribution in [2.75, 3.05) is 30.4 Å². The largest absolute Gasteiger partial charge is 0.383 e. The molecule has 1 atom stereocenters. The predicted molar refractivity (Wildman–Crippen MR) is 111 cm³/mol. The Labute approximate surface area is 167 Å². The Morgan fingerprint density at radius 2 is 2.07 bits per heavy atom. The first-order chi connectivity index (χ1) is 14.1. The van der Waals surface area contributed by atoms with Crippen molar-refractivity contribution in [2.24, 2.45) is 0 Å². The second kappa shape index (κ2) is 6.85. The summed E-state index contributed by atoms with van der Waals surface area (Å²) in [4.78, 5) is 11.7. The molecule has 0 unspecified atom stereocenters. The van der Waals surface area contributed by atoms with Crippen LogP contribution in [0.5, 0.6) is 0 Å². The molecule has 9 heteroatoms. The number of aromatic nitrogens is 6. The molecular formula is C20H22N8O. The maximum atomic E-state index is 6.29. The Bertz CT molecular complexity index is 1170. The van der Waals surface area contributed by atoms with E-state index in [-0.39, 0.29) is 6.04 Å². The molecule has 5 rings (SSSR count). The molecule has 1 saturated heterocycles. The Morgan fingerprint density at radius 3 is 2.83 bits per heavy atom. The number of pyridine rings is 2. The van der Waals surface area contributed by atoms with Crippen LogP contribution in [-0.4, -0.2) is 55.7 Å². The average molecular weight is 390 g/mol. The lowest BCUT2D eigenvalue weighted by Crippen LogP contribution is -2.44. The van der Waals surface area contributed by atoms with Gasteiger partial charge in [0, 0.05) is 41.0 Å². The number of hydrogen-bond donors (Lipinski definition) is 2. The van der Waals surface area contributed by atoms with E-state index >= 15 is 0 Å². The summed E-state index contributed by atoms with van der Waals surface area (Å²) in [5.41, 5.74) is 9.72. The van der Waals surface area contributed by atoms with Crippen molar-refractivity contribution in [3.05, 3.63) is 42.4 Å². The number of anilines is 2. The van der Waals surface area contributed by atoms with Gasteiger partial charge in [-0.1, -0.05) is 0 Å². The molecular weight excluding hydrogens is 368 g/mol. The topological polar surface area (TPSA) is 111 Å². The molecule has 0 saturated carbocycles. The molecule has 1 aliphatic rings. The zero-order valence-electron chi connectivity index (χ0n) is 16.3. The van der Waals surface area contributed by atoms with Crippen LogP contribution in [0.3, 0.4) is 0 Å². The average Bonchev–Trinajstić information content (AvgIpc) is 3.37. The fraction of sp³-hybridized carbons (Fsp3) is 0.300. The second-order valence-electron chi connectivity index (χ2n) is 7.26. The predicted octanol–water partition coefficient (Wildman–Crippen LogP) is 2.32. The molecule has 0 bridgehead atoms. The van der Waals surface area contributed by atoms with Crippen LogP contribution in [-0.2, 0) is 4.74 Å². The number of rotatable bonds is 3. The van der Waals surface area contributed by atoms with Gasteiger partial charge in [0.2, 0.25) is 0 Å². The highest BCUT2D eigenvalue weighted by atomic mass is 16.5. The number of aromatic amines is 1. The number of aryl methyl sites for hydroxylation is 1. The molecule has 29 heavy (non-hydrogen) atoms. The fourth-order valence-electron chi connectivity index (χ4n) is 3.77. The Kier molecular flexibility index (Phi) is 4.17. The standard InChI is InChI=1S/C20H22N8O/c1-12-3-4-14(19(21)24-12)15-9-18(27-7-8-29-11-13(27)2)25-20-16(15)10-23-28(20)17-5-6-22-26-17/h3-6,9-10,13H,7-8,11H2,1-2H3,(H2,21,24)(H,22,26)/t13-/m1/s1. The minimum absolute atomic E-state index is 0.219. The first kappa shape index (κ1) is 17.6.